The van der Waals surface area contributed by atoms with Crippen molar-refractivity contribution in [3.05, 3.63) is 52.8 Å². The molecular formula is C20H27N9O. The van der Waals surface area contributed by atoms with E-state index in [4.69, 9.17) is 23.0 Å². The number of benzene rings is 1. The Kier molecular flexibility index (Phi) is 6.13. The number of hydrogen-bond donors (Lipinski definition) is 4. The summed E-state index contributed by atoms with van der Waals surface area (Å²) in [6.45, 7) is 3.32. The van der Waals surface area contributed by atoms with Crippen LogP contribution in [-0.2, 0) is 6.54 Å². The van der Waals surface area contributed by atoms with Crippen LogP contribution < -0.4 is 23.0 Å². The van der Waals surface area contributed by atoms with Crippen molar-refractivity contribution in [2.75, 3.05) is 18.8 Å². The number of hydrazine groups is 1. The molecule has 10 nitrogen and oxygen atoms in total. The van der Waals surface area contributed by atoms with Gasteiger partial charge in [-0.2, -0.15) is 10.4 Å². The molecular weight excluding hydrogens is 382 g/mol. The van der Waals surface area contributed by atoms with E-state index in [1.165, 1.54) is 5.01 Å². The van der Waals surface area contributed by atoms with E-state index < -0.39 is 5.91 Å². The monoisotopic (exact) mass is 409 g/mol. The van der Waals surface area contributed by atoms with E-state index in [1.807, 2.05) is 30.3 Å². The van der Waals surface area contributed by atoms with Gasteiger partial charge in [0.05, 0.1) is 30.5 Å². The molecule has 1 aromatic carbocycles. The number of aromatic nitrogens is 2. The molecule has 1 amide bonds. The van der Waals surface area contributed by atoms with Gasteiger partial charge in [0, 0.05) is 6.54 Å². The van der Waals surface area contributed by atoms with E-state index in [0.29, 0.717) is 25.3 Å². The number of carbonyl (C=O) groups excluding carboxylic acids is 1. The summed E-state index contributed by atoms with van der Waals surface area (Å²) in [6, 6.07) is 9.52. The summed E-state index contributed by atoms with van der Waals surface area (Å²) < 4.78 is 1.55. The van der Waals surface area contributed by atoms with Crippen molar-refractivity contribution in [1.29, 1.82) is 5.26 Å². The molecule has 158 valence electrons. The van der Waals surface area contributed by atoms with Crippen molar-refractivity contribution >= 4 is 17.4 Å². The van der Waals surface area contributed by atoms with Gasteiger partial charge in [-0.15, -0.1) is 0 Å². The number of amides is 1. The van der Waals surface area contributed by atoms with Gasteiger partial charge in [0.1, 0.15) is 17.1 Å². The van der Waals surface area contributed by atoms with Gasteiger partial charge in [-0.3, -0.25) is 4.79 Å². The molecule has 0 spiro atoms. The number of nitrogens with zero attached hydrogens (tertiary/aromatic N) is 5. The molecule has 0 radical (unpaired) electrons. The number of rotatable bonds is 6. The lowest BCUT2D eigenvalue weighted by molar-refractivity contribution is 0.100. The highest BCUT2D eigenvalue weighted by Crippen LogP contribution is 2.29. The average Bonchev–Trinajstić information content (AvgIpc) is 3.10. The van der Waals surface area contributed by atoms with E-state index in [1.54, 1.807) is 16.5 Å². The van der Waals surface area contributed by atoms with E-state index in [-0.39, 0.29) is 28.8 Å². The minimum atomic E-state index is -0.718. The van der Waals surface area contributed by atoms with E-state index in [0.717, 1.165) is 18.4 Å². The van der Waals surface area contributed by atoms with Crippen molar-refractivity contribution < 1.29 is 4.79 Å². The van der Waals surface area contributed by atoms with Gasteiger partial charge in [-0.05, 0) is 25.3 Å². The van der Waals surface area contributed by atoms with Crippen molar-refractivity contribution in [2.45, 2.75) is 32.4 Å². The third-order valence-corrected chi connectivity index (χ3v) is 5.35. The van der Waals surface area contributed by atoms with Crippen LogP contribution in [0.5, 0.6) is 0 Å². The number of hydrogen-bond acceptors (Lipinski definition) is 8. The fraction of sp³-hybridized carbons (Fsp3) is 0.350. The Hall–Kier alpha value is -3.71. The highest BCUT2D eigenvalue weighted by molar-refractivity contribution is 6.01. The van der Waals surface area contributed by atoms with Gasteiger partial charge in [0.25, 0.3) is 5.91 Å². The minimum Gasteiger partial charge on any atom is -0.395 e. The van der Waals surface area contributed by atoms with E-state index in [2.05, 4.69) is 11.3 Å². The van der Waals surface area contributed by atoms with Gasteiger partial charge in [0.15, 0.2) is 6.19 Å². The smallest absolute Gasteiger partial charge is 0.254 e. The van der Waals surface area contributed by atoms with Gasteiger partial charge in [-0.25, -0.2) is 10.5 Å². The molecule has 30 heavy (non-hydrogen) atoms. The summed E-state index contributed by atoms with van der Waals surface area (Å²) in [6.07, 6.45) is 3.74. The zero-order valence-corrected chi connectivity index (χ0v) is 17.0. The lowest BCUT2D eigenvalue weighted by Gasteiger charge is -2.29. The van der Waals surface area contributed by atoms with Crippen LogP contribution in [0.4, 0.5) is 5.82 Å². The summed E-state index contributed by atoms with van der Waals surface area (Å²) in [4.78, 5) is 13.8. The second kappa shape index (κ2) is 8.75. The summed E-state index contributed by atoms with van der Waals surface area (Å²) in [5, 5.41) is 15.2. The first-order valence-corrected chi connectivity index (χ1v) is 9.68. The molecule has 1 aromatic heterocycles. The Bertz CT molecular complexity index is 990. The van der Waals surface area contributed by atoms with Gasteiger partial charge >= 0.3 is 0 Å². The topological polar surface area (TPSA) is 169 Å². The minimum absolute atomic E-state index is 0.0639. The number of carbonyl (C=O) groups is 1. The number of primary amides is 1. The predicted octanol–water partition coefficient (Wildman–Crippen LogP) is 0.705. The first kappa shape index (κ1) is 21.0. The SMILES string of the molecule is C/C(=C(/N)c1nn(C2CCCN(C#N)C2)c(N)c1C(N)=O)N(N)Cc1ccccc1. The predicted molar refractivity (Wildman–Crippen MR) is 114 cm³/mol. The molecule has 1 fully saturated rings. The maximum absolute atomic E-state index is 12.2. The standard InChI is InChI=1S/C20H27N9O/c1-13(28(25)10-14-6-3-2-4-7-14)17(22)18-16(20(24)30)19(23)29(26-18)15-8-5-9-27(11-15)12-21/h2-4,6-7,15H,5,8-11,22-23,25H2,1H3,(H2,24,30)/b17-13-. The molecule has 1 aliphatic rings. The molecule has 1 atom stereocenters. The normalized spacial score (nSPS) is 17.2. The molecule has 1 unspecified atom stereocenters. The highest BCUT2D eigenvalue weighted by Gasteiger charge is 2.29. The third kappa shape index (κ3) is 4.16. The molecule has 3 rings (SSSR count). The Morgan fingerprint density at radius 1 is 1.33 bits per heavy atom. The lowest BCUT2D eigenvalue weighted by atomic mass is 10.1. The molecule has 10 heteroatoms. The zero-order chi connectivity index (χ0) is 21.8. The molecule has 8 N–H and O–H groups in total. The second-order valence-electron chi connectivity index (χ2n) is 7.37. The Morgan fingerprint density at radius 2 is 2.03 bits per heavy atom. The Balaban J connectivity index is 1.96. The van der Waals surface area contributed by atoms with Crippen LogP contribution in [-0.4, -0.2) is 38.7 Å². The van der Waals surface area contributed by atoms with Gasteiger partial charge in [-0.1, -0.05) is 30.3 Å². The molecule has 0 bridgehead atoms. The first-order chi connectivity index (χ1) is 14.3. The van der Waals surface area contributed by atoms with Crippen LogP contribution in [0.1, 0.15) is 47.4 Å². The Morgan fingerprint density at radius 3 is 2.67 bits per heavy atom. The van der Waals surface area contributed by atoms with Crippen LogP contribution in [0.15, 0.2) is 36.0 Å². The second-order valence-corrected chi connectivity index (χ2v) is 7.37. The lowest BCUT2D eigenvalue weighted by Crippen LogP contribution is -2.34. The number of nitrogens with two attached hydrogens (primary N) is 4. The van der Waals surface area contributed by atoms with Crippen molar-refractivity contribution in [3.8, 4) is 6.19 Å². The quantitative estimate of drug-likeness (QED) is 0.307. The first-order valence-electron chi connectivity index (χ1n) is 9.68. The summed E-state index contributed by atoms with van der Waals surface area (Å²) in [5.74, 6) is 5.63. The van der Waals surface area contributed by atoms with Crippen LogP contribution in [0.3, 0.4) is 0 Å². The molecule has 2 aromatic rings. The van der Waals surface area contributed by atoms with E-state index in [9.17, 15) is 10.1 Å². The number of likely N-dealkylation sites (tertiary alicyclic amines) is 1. The van der Waals surface area contributed by atoms with Gasteiger partial charge < -0.3 is 27.1 Å². The number of nitriles is 1. The molecule has 1 aliphatic heterocycles. The van der Waals surface area contributed by atoms with Crippen LogP contribution in [0.2, 0.25) is 0 Å². The van der Waals surface area contributed by atoms with Crippen molar-refractivity contribution in [1.82, 2.24) is 19.7 Å². The van der Waals surface area contributed by atoms with E-state index >= 15 is 0 Å². The highest BCUT2D eigenvalue weighted by atomic mass is 16.1. The largest absolute Gasteiger partial charge is 0.395 e. The van der Waals surface area contributed by atoms with Crippen LogP contribution >= 0.6 is 0 Å². The summed E-state index contributed by atoms with van der Waals surface area (Å²) >= 11 is 0. The zero-order valence-electron chi connectivity index (χ0n) is 17.0. The Labute approximate surface area is 175 Å². The fourth-order valence-electron chi connectivity index (χ4n) is 3.63. The van der Waals surface area contributed by atoms with Crippen molar-refractivity contribution in [3.63, 3.8) is 0 Å². The molecule has 0 aliphatic carbocycles. The number of anilines is 1. The van der Waals surface area contributed by atoms with Crippen LogP contribution in [0, 0.1) is 11.5 Å². The molecule has 2 heterocycles. The number of allylic oxidation sites excluding steroid dienone is 1. The van der Waals surface area contributed by atoms with Crippen LogP contribution in [0.25, 0.3) is 5.70 Å². The fourth-order valence-corrected chi connectivity index (χ4v) is 3.63. The summed E-state index contributed by atoms with van der Waals surface area (Å²) in [5.41, 5.74) is 20.2. The van der Waals surface area contributed by atoms with Gasteiger partial charge in [0.2, 0.25) is 0 Å². The molecule has 0 saturated carbocycles. The maximum atomic E-state index is 12.2. The third-order valence-electron chi connectivity index (χ3n) is 5.35. The molecule has 1 saturated heterocycles. The summed E-state index contributed by atoms with van der Waals surface area (Å²) in [7, 11) is 0. The van der Waals surface area contributed by atoms with Crippen molar-refractivity contribution in [2.24, 2.45) is 17.3 Å². The maximum Gasteiger partial charge on any atom is 0.254 e. The average molecular weight is 409 g/mol. The number of nitrogen functional groups attached to an aromatic ring is 1. The number of piperidine rings is 1.